The van der Waals surface area contributed by atoms with Gasteiger partial charge in [-0.3, -0.25) is 10.7 Å². The first kappa shape index (κ1) is 16.8. The average Bonchev–Trinajstić information content (AvgIpc) is 2.40. The molecule has 1 unspecified atom stereocenters. The molecular formula is C13H28F2N4. The van der Waals surface area contributed by atoms with E-state index in [1.165, 1.54) is 5.01 Å². The Morgan fingerprint density at radius 3 is 2.16 bits per heavy atom. The summed E-state index contributed by atoms with van der Waals surface area (Å²) in [6, 6.07) is -0.624. The van der Waals surface area contributed by atoms with Crippen molar-refractivity contribution in [1.82, 2.24) is 14.8 Å². The van der Waals surface area contributed by atoms with Gasteiger partial charge in [-0.05, 0) is 13.0 Å². The quantitative estimate of drug-likeness (QED) is 0.771. The minimum absolute atomic E-state index is 0.314. The molecule has 0 aromatic rings. The van der Waals surface area contributed by atoms with Crippen molar-refractivity contribution in [2.24, 2.45) is 5.84 Å². The van der Waals surface area contributed by atoms with E-state index >= 15 is 0 Å². The molecule has 4 nitrogen and oxygen atoms in total. The van der Waals surface area contributed by atoms with Gasteiger partial charge in [0.25, 0.3) is 5.92 Å². The van der Waals surface area contributed by atoms with Crippen molar-refractivity contribution >= 4 is 0 Å². The molecule has 1 atom stereocenters. The van der Waals surface area contributed by atoms with E-state index in [0.717, 1.165) is 32.7 Å². The molecule has 0 aliphatic carbocycles. The summed E-state index contributed by atoms with van der Waals surface area (Å²) in [5.74, 6) is 2.79. The van der Waals surface area contributed by atoms with E-state index < -0.39 is 12.0 Å². The van der Waals surface area contributed by atoms with Crippen LogP contribution < -0.4 is 5.84 Å². The molecule has 0 aromatic carbocycles. The minimum atomic E-state index is -2.68. The van der Waals surface area contributed by atoms with Gasteiger partial charge in [-0.25, -0.2) is 13.8 Å². The van der Waals surface area contributed by atoms with E-state index in [0.29, 0.717) is 13.0 Å². The van der Waals surface area contributed by atoms with E-state index in [2.05, 4.69) is 11.8 Å². The first-order valence-corrected chi connectivity index (χ1v) is 7.37. The van der Waals surface area contributed by atoms with Gasteiger partial charge in [0, 0.05) is 32.7 Å². The summed E-state index contributed by atoms with van der Waals surface area (Å²) in [7, 11) is 0. The van der Waals surface area contributed by atoms with Crippen molar-refractivity contribution in [3.8, 4) is 0 Å². The maximum atomic E-state index is 13.9. The third kappa shape index (κ3) is 4.34. The van der Waals surface area contributed by atoms with Crippen molar-refractivity contribution in [3.63, 3.8) is 0 Å². The molecule has 2 heterocycles. The van der Waals surface area contributed by atoms with Crippen LogP contribution in [0.15, 0.2) is 0 Å². The highest BCUT2D eigenvalue weighted by molar-refractivity contribution is 4.93. The van der Waals surface area contributed by atoms with Gasteiger partial charge < -0.3 is 4.90 Å². The molecule has 0 aromatic heterocycles. The number of hydrogen-bond acceptors (Lipinski definition) is 4. The number of halogens is 2. The summed E-state index contributed by atoms with van der Waals surface area (Å²) in [6.45, 7) is 10.7. The lowest BCUT2D eigenvalue weighted by Crippen LogP contribution is -2.62. The van der Waals surface area contributed by atoms with Crippen molar-refractivity contribution in [2.45, 2.75) is 39.2 Å². The topological polar surface area (TPSA) is 35.7 Å². The molecule has 6 heteroatoms. The van der Waals surface area contributed by atoms with Crippen LogP contribution in [0.4, 0.5) is 8.78 Å². The van der Waals surface area contributed by atoms with E-state index in [1.54, 1.807) is 0 Å². The Morgan fingerprint density at radius 1 is 1.11 bits per heavy atom. The van der Waals surface area contributed by atoms with Crippen LogP contribution in [0.1, 0.15) is 27.2 Å². The summed E-state index contributed by atoms with van der Waals surface area (Å²) in [5, 5.41) is 1.23. The number of piperidine rings is 1. The van der Waals surface area contributed by atoms with Gasteiger partial charge >= 0.3 is 0 Å². The van der Waals surface area contributed by atoms with Crippen molar-refractivity contribution < 1.29 is 8.78 Å². The third-order valence-electron chi connectivity index (χ3n) is 3.89. The maximum absolute atomic E-state index is 13.9. The molecule has 2 N–H and O–H groups in total. The molecule has 2 aliphatic heterocycles. The Labute approximate surface area is 115 Å². The normalized spacial score (nSPS) is 29.7. The van der Waals surface area contributed by atoms with Crippen LogP contribution in [0, 0.1) is 0 Å². The second kappa shape index (κ2) is 7.47. The number of hydrogen-bond donors (Lipinski definition) is 1. The van der Waals surface area contributed by atoms with Gasteiger partial charge in [0.05, 0.1) is 12.6 Å². The van der Waals surface area contributed by atoms with Crippen LogP contribution in [0.5, 0.6) is 0 Å². The number of rotatable bonds is 2. The number of nitrogens with two attached hydrogens (primary N) is 1. The lowest BCUT2D eigenvalue weighted by atomic mass is 9.99. The van der Waals surface area contributed by atoms with E-state index in [4.69, 9.17) is 5.84 Å². The molecule has 0 radical (unpaired) electrons. The fourth-order valence-electron chi connectivity index (χ4n) is 2.80. The molecule has 2 saturated heterocycles. The fraction of sp³-hybridized carbons (Fsp3) is 1.00. The molecule has 2 rings (SSSR count). The SMILES string of the molecule is CC.CCN1CCN(C2CCN(N)CC2(F)F)CC1. The molecule has 0 saturated carbocycles. The Balaban J connectivity index is 0.000000861. The Morgan fingerprint density at radius 2 is 1.68 bits per heavy atom. The standard InChI is InChI=1S/C11H22F2N4.C2H6/c1-2-15-5-7-16(8-6-15)10-3-4-17(14)9-11(10,12)13;1-2/h10H,2-9,14H2,1H3;1-2H3. The number of piperazine rings is 1. The fourth-order valence-corrected chi connectivity index (χ4v) is 2.80. The third-order valence-corrected chi connectivity index (χ3v) is 3.89. The highest BCUT2D eigenvalue weighted by Gasteiger charge is 2.47. The number of hydrazine groups is 1. The van der Waals surface area contributed by atoms with Crippen LogP contribution in [-0.4, -0.2) is 72.6 Å². The number of nitrogens with zero attached hydrogens (tertiary/aromatic N) is 3. The molecule has 114 valence electrons. The maximum Gasteiger partial charge on any atom is 0.277 e. The lowest BCUT2D eigenvalue weighted by molar-refractivity contribution is -0.133. The summed E-state index contributed by atoms with van der Waals surface area (Å²) in [5.41, 5.74) is 0. The minimum Gasteiger partial charge on any atom is -0.301 e. The molecular weight excluding hydrogens is 250 g/mol. The van der Waals surface area contributed by atoms with Crippen molar-refractivity contribution in [2.75, 3.05) is 45.8 Å². The zero-order chi connectivity index (χ0) is 14.5. The Bertz CT molecular complexity index is 255. The van der Waals surface area contributed by atoms with Gasteiger partial charge in [0.2, 0.25) is 0 Å². The van der Waals surface area contributed by atoms with E-state index in [-0.39, 0.29) is 6.54 Å². The van der Waals surface area contributed by atoms with Gasteiger partial charge in [-0.2, -0.15) is 0 Å². The highest BCUT2D eigenvalue weighted by atomic mass is 19.3. The first-order valence-electron chi connectivity index (χ1n) is 7.37. The monoisotopic (exact) mass is 278 g/mol. The van der Waals surface area contributed by atoms with E-state index in [1.807, 2.05) is 18.7 Å². The lowest BCUT2D eigenvalue weighted by Gasteiger charge is -2.45. The van der Waals surface area contributed by atoms with Crippen molar-refractivity contribution in [1.29, 1.82) is 0 Å². The average molecular weight is 278 g/mol. The Hall–Kier alpha value is -0.300. The molecule has 2 aliphatic rings. The number of alkyl halides is 2. The van der Waals surface area contributed by atoms with Crippen LogP contribution in [-0.2, 0) is 0 Å². The second-order valence-electron chi connectivity index (χ2n) is 5.01. The summed E-state index contributed by atoms with van der Waals surface area (Å²) < 4.78 is 27.8. The smallest absolute Gasteiger partial charge is 0.277 e. The predicted molar refractivity (Wildman–Crippen MR) is 74.1 cm³/mol. The number of likely N-dealkylation sites (N-methyl/N-ethyl adjacent to an activating group) is 1. The molecule has 19 heavy (non-hydrogen) atoms. The predicted octanol–water partition coefficient (Wildman–Crippen LogP) is 1.23. The highest BCUT2D eigenvalue weighted by Crippen LogP contribution is 2.30. The Kier molecular flexibility index (Phi) is 6.59. The van der Waals surface area contributed by atoms with E-state index in [9.17, 15) is 8.78 Å². The summed E-state index contributed by atoms with van der Waals surface area (Å²) >= 11 is 0. The van der Waals surface area contributed by atoms with Crippen LogP contribution in [0.3, 0.4) is 0 Å². The molecule has 2 fully saturated rings. The second-order valence-corrected chi connectivity index (χ2v) is 5.01. The van der Waals surface area contributed by atoms with Crippen LogP contribution >= 0.6 is 0 Å². The van der Waals surface area contributed by atoms with Gasteiger partial charge in [-0.1, -0.05) is 20.8 Å². The largest absolute Gasteiger partial charge is 0.301 e. The zero-order valence-corrected chi connectivity index (χ0v) is 12.4. The van der Waals surface area contributed by atoms with Crippen LogP contribution in [0.25, 0.3) is 0 Å². The molecule has 0 spiro atoms. The zero-order valence-electron chi connectivity index (χ0n) is 12.4. The molecule has 0 bridgehead atoms. The summed E-state index contributed by atoms with van der Waals surface area (Å²) in [6.07, 6.45) is 0.468. The first-order chi connectivity index (χ1) is 9.03. The summed E-state index contributed by atoms with van der Waals surface area (Å²) in [4.78, 5) is 4.24. The van der Waals surface area contributed by atoms with Gasteiger partial charge in [-0.15, -0.1) is 0 Å². The van der Waals surface area contributed by atoms with Crippen LogP contribution in [0.2, 0.25) is 0 Å². The van der Waals surface area contributed by atoms with Crippen molar-refractivity contribution in [3.05, 3.63) is 0 Å². The molecule has 0 amide bonds. The van der Waals surface area contributed by atoms with Gasteiger partial charge in [0.15, 0.2) is 0 Å². The van der Waals surface area contributed by atoms with Gasteiger partial charge in [0.1, 0.15) is 0 Å².